The second kappa shape index (κ2) is 7.28. The zero-order chi connectivity index (χ0) is 19.9. The fourth-order valence-electron chi connectivity index (χ4n) is 4.51. The van der Waals surface area contributed by atoms with Crippen molar-refractivity contribution in [3.05, 3.63) is 47.0 Å². The van der Waals surface area contributed by atoms with Gasteiger partial charge < -0.3 is 10.2 Å². The molecule has 0 aromatic carbocycles. The lowest BCUT2D eigenvalue weighted by Crippen LogP contribution is -2.38. The number of hydrogen-bond donors (Lipinski definition) is 1. The van der Waals surface area contributed by atoms with Crippen molar-refractivity contribution in [1.29, 1.82) is 0 Å². The summed E-state index contributed by atoms with van der Waals surface area (Å²) in [6, 6.07) is 4.05. The van der Waals surface area contributed by atoms with E-state index < -0.39 is 0 Å². The van der Waals surface area contributed by atoms with Crippen molar-refractivity contribution in [3.63, 3.8) is 0 Å². The van der Waals surface area contributed by atoms with Crippen LogP contribution in [0.15, 0.2) is 24.5 Å². The number of rotatable bonds is 3. The van der Waals surface area contributed by atoms with Crippen LogP contribution in [-0.4, -0.2) is 44.2 Å². The van der Waals surface area contributed by atoms with Crippen molar-refractivity contribution < 1.29 is 4.79 Å². The number of nitrogens with zero attached hydrogens (tertiary/aromatic N) is 4. The zero-order valence-electron chi connectivity index (χ0n) is 16.7. The lowest BCUT2D eigenvalue weighted by molar-refractivity contribution is 0.0908. The molecule has 0 amide bonds. The first kappa shape index (κ1) is 19.1. The van der Waals surface area contributed by atoms with Crippen LogP contribution in [0.4, 0.5) is 0 Å². The Labute approximate surface area is 171 Å². The first-order valence-corrected chi connectivity index (χ1v) is 10.3. The Bertz CT molecular complexity index is 905. The molecule has 3 heterocycles. The normalized spacial score (nSPS) is 20.9. The molecule has 2 aromatic heterocycles. The van der Waals surface area contributed by atoms with Crippen molar-refractivity contribution in [2.75, 3.05) is 13.6 Å². The lowest BCUT2D eigenvalue weighted by atomic mass is 9.75. The molecule has 148 valence electrons. The van der Waals surface area contributed by atoms with Crippen LogP contribution in [0, 0.1) is 5.41 Å². The molecule has 1 N–H and O–H groups in total. The van der Waals surface area contributed by atoms with Gasteiger partial charge in [-0.3, -0.25) is 14.5 Å². The second-order valence-corrected chi connectivity index (χ2v) is 8.96. The summed E-state index contributed by atoms with van der Waals surface area (Å²) in [5.41, 5.74) is 3.82. The first-order chi connectivity index (χ1) is 13.4. The summed E-state index contributed by atoms with van der Waals surface area (Å²) in [4.78, 5) is 19.6. The summed E-state index contributed by atoms with van der Waals surface area (Å²) >= 11 is 5.51. The number of carbonyl (C=O) groups is 1. The van der Waals surface area contributed by atoms with Gasteiger partial charge in [-0.1, -0.05) is 19.9 Å². The molecule has 2 aliphatic rings. The smallest absolute Gasteiger partial charge is 0.169 e. The molecule has 1 aliphatic carbocycles. The highest BCUT2D eigenvalue weighted by atomic mass is 32.1. The second-order valence-electron chi connectivity index (χ2n) is 8.57. The predicted octanol–water partition coefficient (Wildman–Crippen LogP) is 3.12. The number of ketones is 1. The van der Waals surface area contributed by atoms with Gasteiger partial charge in [-0.25, -0.2) is 0 Å². The predicted molar refractivity (Wildman–Crippen MR) is 112 cm³/mol. The van der Waals surface area contributed by atoms with Gasteiger partial charge in [0.05, 0.1) is 29.5 Å². The Balaban J connectivity index is 1.79. The van der Waals surface area contributed by atoms with Crippen molar-refractivity contribution in [3.8, 4) is 0 Å². The largest absolute Gasteiger partial charge is 0.366 e. The van der Waals surface area contributed by atoms with E-state index in [4.69, 9.17) is 17.3 Å². The maximum Gasteiger partial charge on any atom is 0.169 e. The molecule has 6 nitrogen and oxygen atoms in total. The molecule has 0 unspecified atom stereocenters. The summed E-state index contributed by atoms with van der Waals surface area (Å²) in [6.45, 7) is 5.84. The van der Waals surface area contributed by atoms with E-state index in [2.05, 4.69) is 35.1 Å². The molecule has 0 radical (unpaired) electrons. The van der Waals surface area contributed by atoms with Crippen LogP contribution < -0.4 is 5.32 Å². The molecule has 0 spiro atoms. The fourth-order valence-corrected chi connectivity index (χ4v) is 4.72. The van der Waals surface area contributed by atoms with Crippen LogP contribution in [0.25, 0.3) is 0 Å². The minimum absolute atomic E-state index is 0.0519. The monoisotopic (exact) mass is 397 g/mol. The first-order valence-electron chi connectivity index (χ1n) is 9.89. The van der Waals surface area contributed by atoms with Gasteiger partial charge in [-0.15, -0.1) is 0 Å². The summed E-state index contributed by atoms with van der Waals surface area (Å²) in [6.07, 6.45) is 7.07. The highest BCUT2D eigenvalue weighted by Gasteiger charge is 2.40. The molecule has 0 saturated carbocycles. The van der Waals surface area contributed by atoms with Crippen molar-refractivity contribution >= 4 is 23.1 Å². The van der Waals surface area contributed by atoms with Crippen LogP contribution in [0.3, 0.4) is 0 Å². The van der Waals surface area contributed by atoms with E-state index in [9.17, 15) is 4.79 Å². The minimum Gasteiger partial charge on any atom is -0.366 e. The molecule has 7 heteroatoms. The van der Waals surface area contributed by atoms with Crippen molar-refractivity contribution in [2.45, 2.75) is 52.1 Å². The summed E-state index contributed by atoms with van der Waals surface area (Å²) < 4.78 is 2.03. The minimum atomic E-state index is -0.0519. The Kier molecular flexibility index (Phi) is 4.95. The van der Waals surface area contributed by atoms with Gasteiger partial charge >= 0.3 is 0 Å². The molecule has 1 fully saturated rings. The molecular weight excluding hydrogens is 370 g/mol. The molecule has 28 heavy (non-hydrogen) atoms. The molecule has 2 aromatic rings. The third-order valence-electron chi connectivity index (χ3n) is 5.75. The SMILES string of the molecule is CNC(=S)N1CCC[C@H]1c1nn(Cc2cccnc2)c2c1C(=O)CC(C)(C)C2. The highest BCUT2D eigenvalue weighted by Crippen LogP contribution is 2.41. The number of aromatic nitrogens is 3. The number of Topliss-reactive ketones (excluding diaryl/α,β-unsaturated/α-hetero) is 1. The molecule has 1 aliphatic heterocycles. The van der Waals surface area contributed by atoms with Gasteiger partial charge in [0.15, 0.2) is 10.9 Å². The number of hydrogen-bond acceptors (Lipinski definition) is 4. The summed E-state index contributed by atoms with van der Waals surface area (Å²) in [7, 11) is 1.85. The number of carbonyl (C=O) groups excluding carboxylic acids is 1. The summed E-state index contributed by atoms with van der Waals surface area (Å²) in [5.74, 6) is 0.209. The summed E-state index contributed by atoms with van der Waals surface area (Å²) in [5, 5.41) is 8.80. The number of nitrogens with one attached hydrogen (secondary N) is 1. The quantitative estimate of drug-likeness (QED) is 0.803. The molecule has 1 saturated heterocycles. The average Bonchev–Trinajstić information content (AvgIpc) is 3.26. The van der Waals surface area contributed by atoms with Crippen molar-refractivity contribution in [2.24, 2.45) is 5.41 Å². The molecule has 0 bridgehead atoms. The average molecular weight is 398 g/mol. The number of likely N-dealkylation sites (tertiary alicyclic amines) is 1. The van der Waals surface area contributed by atoms with Gasteiger partial charge in [0.1, 0.15) is 0 Å². The van der Waals surface area contributed by atoms with Crippen molar-refractivity contribution in [1.82, 2.24) is 25.0 Å². The zero-order valence-corrected chi connectivity index (χ0v) is 17.6. The Morgan fingerprint density at radius 2 is 2.21 bits per heavy atom. The topological polar surface area (TPSA) is 63.1 Å². The lowest BCUT2D eigenvalue weighted by Gasteiger charge is -2.30. The maximum absolute atomic E-state index is 13.2. The Morgan fingerprint density at radius 1 is 1.39 bits per heavy atom. The third-order valence-corrected chi connectivity index (χ3v) is 6.19. The van der Waals surface area contributed by atoms with Gasteiger partial charge in [-0.05, 0) is 48.5 Å². The van der Waals surface area contributed by atoms with E-state index in [0.29, 0.717) is 13.0 Å². The van der Waals surface area contributed by atoms with Crippen LogP contribution in [0.2, 0.25) is 0 Å². The number of thiocarbonyl (C=S) groups is 1. The van der Waals surface area contributed by atoms with Gasteiger partial charge in [0.2, 0.25) is 0 Å². The number of pyridine rings is 1. The number of fused-ring (bicyclic) bond motifs is 1. The fraction of sp³-hybridized carbons (Fsp3) is 0.524. The Hall–Kier alpha value is -2.28. The van der Waals surface area contributed by atoms with Crippen LogP contribution in [0.5, 0.6) is 0 Å². The highest BCUT2D eigenvalue weighted by molar-refractivity contribution is 7.80. The van der Waals surface area contributed by atoms with Crippen LogP contribution >= 0.6 is 12.2 Å². The van der Waals surface area contributed by atoms with E-state index >= 15 is 0 Å². The van der Waals surface area contributed by atoms with Crippen LogP contribution in [0.1, 0.15) is 66.5 Å². The van der Waals surface area contributed by atoms with Gasteiger partial charge in [0.25, 0.3) is 0 Å². The molecule has 1 atom stereocenters. The van der Waals surface area contributed by atoms with Gasteiger partial charge in [-0.2, -0.15) is 5.10 Å². The maximum atomic E-state index is 13.2. The molecule has 4 rings (SSSR count). The van der Waals surface area contributed by atoms with E-state index in [-0.39, 0.29) is 17.2 Å². The van der Waals surface area contributed by atoms with Gasteiger partial charge in [0, 0.05) is 32.4 Å². The van der Waals surface area contributed by atoms with Crippen LogP contribution in [-0.2, 0) is 13.0 Å². The molecular formula is C21H27N5OS. The standard InChI is InChI=1S/C21H27N5OS/c1-21(2)10-16-18(17(27)11-21)19(15-7-5-9-25(15)20(28)22-3)24-26(16)13-14-6-4-8-23-12-14/h4,6,8,12,15H,5,7,9-11,13H2,1-3H3,(H,22,28)/t15-/m0/s1. The van der Waals surface area contributed by atoms with E-state index in [0.717, 1.165) is 53.4 Å². The van der Waals surface area contributed by atoms with E-state index in [1.807, 2.05) is 24.0 Å². The Morgan fingerprint density at radius 3 is 2.93 bits per heavy atom. The van der Waals surface area contributed by atoms with E-state index in [1.54, 1.807) is 6.20 Å². The third kappa shape index (κ3) is 3.43. The van der Waals surface area contributed by atoms with E-state index in [1.165, 1.54) is 0 Å².